The number of benzene rings is 1. The van der Waals surface area contributed by atoms with Crippen molar-refractivity contribution in [1.82, 2.24) is 15.0 Å². The van der Waals surface area contributed by atoms with Gasteiger partial charge in [0, 0.05) is 10.6 Å². The zero-order valence-corrected chi connectivity index (χ0v) is 14.7. The van der Waals surface area contributed by atoms with Crippen LogP contribution in [0.2, 0.25) is 5.02 Å². The Morgan fingerprint density at radius 2 is 1.90 bits per heavy atom. The maximum Gasteiger partial charge on any atom is 0.323 e. The van der Waals surface area contributed by atoms with Gasteiger partial charge < -0.3 is 15.4 Å². The molecule has 0 aliphatic carbocycles. The highest BCUT2D eigenvalue weighted by Crippen LogP contribution is 2.26. The standard InChI is InChI=1S/C13H15ClIN5O/c1-7(2)21-13-19-11(16-3)18-12(20-13)17-10-5-4-8(15)6-9(10)14/h4-7H,1-3H3,(H2,16,17,18,19,20). The van der Waals surface area contributed by atoms with Gasteiger partial charge in [0.2, 0.25) is 11.9 Å². The molecule has 6 nitrogen and oxygen atoms in total. The minimum atomic E-state index is -0.0214. The predicted octanol–water partition coefficient (Wildman–Crippen LogP) is 3.70. The average Bonchev–Trinajstić information content (AvgIpc) is 2.41. The van der Waals surface area contributed by atoms with E-state index < -0.39 is 0 Å². The maximum absolute atomic E-state index is 6.19. The molecule has 112 valence electrons. The van der Waals surface area contributed by atoms with Gasteiger partial charge in [0.15, 0.2) is 0 Å². The highest BCUT2D eigenvalue weighted by Gasteiger charge is 2.10. The van der Waals surface area contributed by atoms with Crippen molar-refractivity contribution in [3.8, 4) is 6.01 Å². The van der Waals surface area contributed by atoms with E-state index in [9.17, 15) is 0 Å². The second-order valence-corrected chi connectivity index (χ2v) is 6.08. The minimum Gasteiger partial charge on any atom is -0.461 e. The summed E-state index contributed by atoms with van der Waals surface area (Å²) >= 11 is 8.39. The number of hydrogen-bond donors (Lipinski definition) is 2. The van der Waals surface area contributed by atoms with Gasteiger partial charge in [-0.1, -0.05) is 11.6 Å². The second-order valence-electron chi connectivity index (χ2n) is 4.43. The molecule has 21 heavy (non-hydrogen) atoms. The largest absolute Gasteiger partial charge is 0.461 e. The molecule has 0 saturated carbocycles. The first-order valence-corrected chi connectivity index (χ1v) is 7.76. The summed E-state index contributed by atoms with van der Waals surface area (Å²) in [5.41, 5.74) is 0.723. The molecule has 0 fully saturated rings. The van der Waals surface area contributed by atoms with E-state index in [1.807, 2.05) is 32.0 Å². The van der Waals surface area contributed by atoms with Gasteiger partial charge in [-0.3, -0.25) is 0 Å². The van der Waals surface area contributed by atoms with Crippen LogP contribution in [0.1, 0.15) is 13.8 Å². The van der Waals surface area contributed by atoms with E-state index in [1.54, 1.807) is 7.05 Å². The third-order valence-corrected chi connectivity index (χ3v) is 3.34. The van der Waals surface area contributed by atoms with Crippen molar-refractivity contribution < 1.29 is 4.74 Å². The number of nitrogens with one attached hydrogen (secondary N) is 2. The van der Waals surface area contributed by atoms with Crippen LogP contribution in [0.25, 0.3) is 0 Å². The molecule has 0 unspecified atom stereocenters. The lowest BCUT2D eigenvalue weighted by atomic mass is 10.3. The van der Waals surface area contributed by atoms with Crippen LogP contribution in [0.5, 0.6) is 6.01 Å². The zero-order chi connectivity index (χ0) is 15.4. The van der Waals surface area contributed by atoms with Crippen LogP contribution in [0.3, 0.4) is 0 Å². The molecular formula is C13H15ClIN5O. The van der Waals surface area contributed by atoms with Gasteiger partial charge in [-0.25, -0.2) is 0 Å². The number of ether oxygens (including phenoxy) is 1. The van der Waals surface area contributed by atoms with Crippen LogP contribution < -0.4 is 15.4 Å². The summed E-state index contributed by atoms with van der Waals surface area (Å²) in [5, 5.41) is 6.54. The van der Waals surface area contributed by atoms with Crippen LogP contribution in [-0.2, 0) is 0 Å². The molecule has 2 N–H and O–H groups in total. The molecule has 0 aliphatic rings. The Balaban J connectivity index is 2.29. The van der Waals surface area contributed by atoms with Gasteiger partial charge in [-0.05, 0) is 54.6 Å². The Morgan fingerprint density at radius 3 is 2.52 bits per heavy atom. The number of halogens is 2. The summed E-state index contributed by atoms with van der Waals surface area (Å²) in [5.74, 6) is 0.790. The van der Waals surface area contributed by atoms with Crippen molar-refractivity contribution in [3.05, 3.63) is 26.8 Å². The fraction of sp³-hybridized carbons (Fsp3) is 0.308. The lowest BCUT2D eigenvalue weighted by Gasteiger charge is -2.12. The Morgan fingerprint density at radius 1 is 1.19 bits per heavy atom. The molecule has 2 rings (SSSR count). The summed E-state index contributed by atoms with van der Waals surface area (Å²) < 4.78 is 6.56. The Bertz CT molecular complexity index is 638. The second kappa shape index (κ2) is 7.08. The van der Waals surface area contributed by atoms with Crippen molar-refractivity contribution in [1.29, 1.82) is 0 Å². The highest BCUT2D eigenvalue weighted by atomic mass is 127. The van der Waals surface area contributed by atoms with Crippen molar-refractivity contribution in [2.24, 2.45) is 0 Å². The van der Waals surface area contributed by atoms with E-state index in [0.29, 0.717) is 16.9 Å². The quantitative estimate of drug-likeness (QED) is 0.720. The predicted molar refractivity (Wildman–Crippen MR) is 92.6 cm³/mol. The molecule has 0 atom stereocenters. The van der Waals surface area contributed by atoms with Gasteiger partial charge in [-0.15, -0.1) is 0 Å². The minimum absolute atomic E-state index is 0.0214. The smallest absolute Gasteiger partial charge is 0.323 e. The van der Waals surface area contributed by atoms with Crippen molar-refractivity contribution in [2.45, 2.75) is 20.0 Å². The molecule has 0 saturated heterocycles. The molecule has 0 spiro atoms. The SMILES string of the molecule is CNc1nc(Nc2ccc(I)cc2Cl)nc(OC(C)C)n1. The molecule has 0 amide bonds. The third-order valence-electron chi connectivity index (χ3n) is 2.36. The molecule has 0 bridgehead atoms. The third kappa shape index (κ3) is 4.57. The fourth-order valence-electron chi connectivity index (χ4n) is 1.50. The highest BCUT2D eigenvalue weighted by molar-refractivity contribution is 14.1. The first kappa shape index (κ1) is 16.0. The normalized spacial score (nSPS) is 10.6. The van der Waals surface area contributed by atoms with Crippen molar-refractivity contribution >= 4 is 51.8 Å². The number of aromatic nitrogens is 3. The molecule has 1 aromatic heterocycles. The lowest BCUT2D eigenvalue weighted by Crippen LogP contribution is -2.12. The van der Waals surface area contributed by atoms with Gasteiger partial charge in [0.1, 0.15) is 0 Å². The van der Waals surface area contributed by atoms with E-state index in [4.69, 9.17) is 16.3 Å². The lowest BCUT2D eigenvalue weighted by molar-refractivity contribution is 0.222. The maximum atomic E-state index is 6.19. The van der Waals surface area contributed by atoms with Crippen molar-refractivity contribution in [2.75, 3.05) is 17.7 Å². The zero-order valence-electron chi connectivity index (χ0n) is 11.8. The monoisotopic (exact) mass is 419 g/mol. The topological polar surface area (TPSA) is 72.0 Å². The summed E-state index contributed by atoms with van der Waals surface area (Å²) in [6, 6.07) is 5.93. The van der Waals surface area contributed by atoms with E-state index in [0.717, 1.165) is 9.26 Å². The molecular weight excluding hydrogens is 405 g/mol. The Hall–Kier alpha value is -1.35. The summed E-state index contributed by atoms with van der Waals surface area (Å²) in [6.45, 7) is 3.82. The number of hydrogen-bond acceptors (Lipinski definition) is 6. The number of rotatable bonds is 5. The summed E-state index contributed by atoms with van der Waals surface area (Å²) in [7, 11) is 1.73. The molecule has 2 aromatic rings. The van der Waals surface area contributed by atoms with E-state index >= 15 is 0 Å². The molecule has 1 aromatic carbocycles. The van der Waals surface area contributed by atoms with Crippen LogP contribution >= 0.6 is 34.2 Å². The van der Waals surface area contributed by atoms with Crippen LogP contribution in [0.15, 0.2) is 18.2 Å². The van der Waals surface area contributed by atoms with Gasteiger partial charge in [-0.2, -0.15) is 15.0 Å². The first-order valence-electron chi connectivity index (χ1n) is 6.30. The Labute approximate surface area is 141 Å². The first-order chi connectivity index (χ1) is 9.97. The van der Waals surface area contributed by atoms with Gasteiger partial charge >= 0.3 is 6.01 Å². The molecule has 0 aliphatic heterocycles. The van der Waals surface area contributed by atoms with E-state index in [2.05, 4.69) is 48.2 Å². The molecule has 8 heteroatoms. The van der Waals surface area contributed by atoms with E-state index in [1.165, 1.54) is 0 Å². The van der Waals surface area contributed by atoms with Crippen LogP contribution in [0.4, 0.5) is 17.6 Å². The molecule has 0 radical (unpaired) electrons. The van der Waals surface area contributed by atoms with Crippen LogP contribution in [-0.4, -0.2) is 28.1 Å². The summed E-state index contributed by atoms with van der Waals surface area (Å²) in [6.07, 6.45) is -0.0214. The average molecular weight is 420 g/mol. The number of nitrogens with zero attached hydrogens (tertiary/aromatic N) is 3. The van der Waals surface area contributed by atoms with E-state index in [-0.39, 0.29) is 12.1 Å². The van der Waals surface area contributed by atoms with Crippen LogP contribution in [0, 0.1) is 3.57 Å². The number of anilines is 3. The fourth-order valence-corrected chi connectivity index (χ4v) is 2.40. The van der Waals surface area contributed by atoms with Gasteiger partial charge in [0.25, 0.3) is 0 Å². The van der Waals surface area contributed by atoms with Crippen molar-refractivity contribution in [3.63, 3.8) is 0 Å². The summed E-state index contributed by atoms with van der Waals surface area (Å²) in [4.78, 5) is 12.6. The Kier molecular flexibility index (Phi) is 5.40. The molecule has 1 heterocycles. The van der Waals surface area contributed by atoms with Gasteiger partial charge in [0.05, 0.1) is 16.8 Å².